The zero-order valence-electron chi connectivity index (χ0n) is 25.0. The van der Waals surface area contributed by atoms with Gasteiger partial charge >= 0.3 is 0 Å². The smallest absolute Gasteiger partial charge is 0.248 e. The summed E-state index contributed by atoms with van der Waals surface area (Å²) in [6, 6.07) is 16.8. The van der Waals surface area contributed by atoms with E-state index in [1.165, 1.54) is 6.42 Å². The summed E-state index contributed by atoms with van der Waals surface area (Å²) in [5.41, 5.74) is 6.02. The van der Waals surface area contributed by atoms with Crippen LogP contribution >= 0.6 is 0 Å². The average Bonchev–Trinajstić information content (AvgIpc) is 3.77. The van der Waals surface area contributed by atoms with Crippen molar-refractivity contribution >= 4 is 5.91 Å². The van der Waals surface area contributed by atoms with Crippen LogP contribution in [-0.4, -0.2) is 50.3 Å². The molecule has 1 aliphatic carbocycles. The molecule has 3 heterocycles. The van der Waals surface area contributed by atoms with Crippen molar-refractivity contribution in [1.82, 2.24) is 30.2 Å². The monoisotopic (exact) mass is 586 g/mol. The zero-order valence-corrected chi connectivity index (χ0v) is 25.0. The summed E-state index contributed by atoms with van der Waals surface area (Å²) in [5, 5.41) is 3.07. The highest BCUT2D eigenvalue weighted by molar-refractivity contribution is 5.79. The number of aromatic nitrogens is 4. The van der Waals surface area contributed by atoms with Crippen molar-refractivity contribution in [2.75, 3.05) is 13.6 Å². The minimum atomic E-state index is -2.65. The van der Waals surface area contributed by atoms with Crippen LogP contribution < -0.4 is 5.32 Å². The molecule has 226 valence electrons. The largest absolute Gasteiger partial charge is 0.347 e. The lowest BCUT2D eigenvalue weighted by molar-refractivity contribution is -0.130. The van der Waals surface area contributed by atoms with Crippen LogP contribution in [0.1, 0.15) is 76.1 Å². The van der Waals surface area contributed by atoms with E-state index >= 15 is 0 Å². The van der Waals surface area contributed by atoms with E-state index in [0.29, 0.717) is 11.9 Å². The Morgan fingerprint density at radius 1 is 0.884 bits per heavy atom. The van der Waals surface area contributed by atoms with Crippen molar-refractivity contribution in [3.05, 3.63) is 72.6 Å². The number of amides is 1. The third-order valence-electron chi connectivity index (χ3n) is 9.07. The van der Waals surface area contributed by atoms with E-state index < -0.39 is 5.92 Å². The number of likely N-dealkylation sites (tertiary alicyclic amines) is 1. The van der Waals surface area contributed by atoms with E-state index in [-0.39, 0.29) is 49.5 Å². The second-order valence-corrected chi connectivity index (χ2v) is 12.5. The maximum atomic E-state index is 13.6. The Hall–Kier alpha value is -3.85. The Morgan fingerprint density at radius 2 is 1.44 bits per heavy atom. The van der Waals surface area contributed by atoms with Crippen molar-refractivity contribution in [3.63, 3.8) is 0 Å². The number of H-pyrrole nitrogens is 2. The van der Waals surface area contributed by atoms with E-state index in [2.05, 4.69) is 63.6 Å². The predicted molar refractivity (Wildman–Crippen MR) is 164 cm³/mol. The molecular weight excluding hydrogens is 546 g/mol. The molecule has 7 nitrogen and oxygen atoms in total. The van der Waals surface area contributed by atoms with Gasteiger partial charge in [0.2, 0.25) is 11.8 Å². The van der Waals surface area contributed by atoms with Crippen LogP contribution in [0.15, 0.2) is 60.9 Å². The fraction of sp³-hybridized carbons (Fsp3) is 0.441. The molecule has 0 radical (unpaired) electrons. The molecule has 1 amide bonds. The Labute approximate surface area is 251 Å². The second-order valence-electron chi connectivity index (χ2n) is 12.5. The average molecular weight is 587 g/mol. The molecule has 2 aliphatic rings. The van der Waals surface area contributed by atoms with Gasteiger partial charge in [0.25, 0.3) is 0 Å². The van der Waals surface area contributed by atoms with Crippen LogP contribution in [-0.2, 0) is 4.79 Å². The van der Waals surface area contributed by atoms with Gasteiger partial charge < -0.3 is 15.3 Å². The van der Waals surface area contributed by atoms with Crippen molar-refractivity contribution in [3.8, 4) is 33.6 Å². The number of carbonyl (C=O) groups excluding carboxylic acids is 1. The third kappa shape index (κ3) is 6.42. The van der Waals surface area contributed by atoms with Crippen LogP contribution in [0.25, 0.3) is 33.6 Å². The first-order valence-corrected chi connectivity index (χ1v) is 15.4. The number of alkyl halides is 2. The predicted octanol–water partition coefficient (Wildman–Crippen LogP) is 7.54. The quantitative estimate of drug-likeness (QED) is 0.199. The topological polar surface area (TPSA) is 89.7 Å². The minimum absolute atomic E-state index is 0.0791. The summed E-state index contributed by atoms with van der Waals surface area (Å²) in [7, 11) is 2.15. The number of nitrogens with zero attached hydrogens (tertiary/aromatic N) is 3. The first-order chi connectivity index (χ1) is 20.7. The highest BCUT2D eigenvalue weighted by atomic mass is 19.3. The molecule has 0 unspecified atom stereocenters. The van der Waals surface area contributed by atoms with Gasteiger partial charge in [0.1, 0.15) is 11.6 Å². The number of carbonyl (C=O) groups is 1. The van der Waals surface area contributed by atoms with Gasteiger partial charge in [0.15, 0.2) is 0 Å². The molecule has 43 heavy (non-hydrogen) atoms. The van der Waals surface area contributed by atoms with Crippen LogP contribution in [0.3, 0.4) is 0 Å². The highest BCUT2D eigenvalue weighted by Gasteiger charge is 2.38. The molecular formula is C34H40F2N6O. The first-order valence-electron chi connectivity index (χ1n) is 15.4. The van der Waals surface area contributed by atoms with Gasteiger partial charge in [0.05, 0.1) is 23.5 Å². The van der Waals surface area contributed by atoms with Gasteiger partial charge in [0, 0.05) is 42.3 Å². The number of hydrogen-bond donors (Lipinski definition) is 3. The number of aromatic amines is 2. The van der Waals surface area contributed by atoms with Gasteiger partial charge in [-0.3, -0.25) is 9.69 Å². The molecule has 1 aliphatic heterocycles. The van der Waals surface area contributed by atoms with Crippen molar-refractivity contribution < 1.29 is 13.6 Å². The summed E-state index contributed by atoms with van der Waals surface area (Å²) in [5.74, 6) is -1.42. The second kappa shape index (κ2) is 12.0. The Bertz CT molecular complexity index is 1530. The lowest BCUT2D eigenvalue weighted by Gasteiger charge is -2.29. The molecule has 2 atom stereocenters. The van der Waals surface area contributed by atoms with E-state index in [1.807, 2.05) is 38.4 Å². The number of hydrogen-bond acceptors (Lipinski definition) is 4. The molecule has 4 aromatic rings. The van der Waals surface area contributed by atoms with Gasteiger partial charge in [-0.2, -0.15) is 0 Å². The van der Waals surface area contributed by atoms with Crippen LogP contribution in [0.5, 0.6) is 0 Å². The SMILES string of the molecule is CC(C)[C@H](NC(=O)C1CCC(F)(F)CC1)c1nc(-c2ccc(-c3ccc(-c4c[nH]c([C@@H]5CCCN5C)n4)cc3)cc2)c[nH]1. The van der Waals surface area contributed by atoms with Gasteiger partial charge in [-0.1, -0.05) is 62.4 Å². The molecule has 2 fully saturated rings. The Morgan fingerprint density at radius 3 is 2.00 bits per heavy atom. The molecule has 6 rings (SSSR count). The number of imidazole rings is 2. The summed E-state index contributed by atoms with van der Waals surface area (Å²) in [4.78, 5) is 31.6. The van der Waals surface area contributed by atoms with E-state index in [9.17, 15) is 13.6 Å². The third-order valence-corrected chi connectivity index (χ3v) is 9.07. The molecule has 3 N–H and O–H groups in total. The molecule has 0 bridgehead atoms. The number of rotatable bonds is 8. The molecule has 1 saturated heterocycles. The molecule has 2 aromatic heterocycles. The normalized spacial score (nSPS) is 20.0. The first kappa shape index (κ1) is 29.2. The van der Waals surface area contributed by atoms with Gasteiger partial charge in [-0.05, 0) is 56.3 Å². The van der Waals surface area contributed by atoms with E-state index in [0.717, 1.165) is 52.4 Å². The van der Waals surface area contributed by atoms with Crippen molar-refractivity contribution in [1.29, 1.82) is 0 Å². The van der Waals surface area contributed by atoms with Gasteiger partial charge in [-0.15, -0.1) is 0 Å². The van der Waals surface area contributed by atoms with Crippen LogP contribution in [0, 0.1) is 11.8 Å². The number of nitrogens with one attached hydrogen (secondary N) is 3. The standard InChI is InChI=1S/C34H40F2N6O/c1-21(2)30(41-33(43)26-14-16-34(35,36)17-15-26)32-38-20-28(40-32)25-12-8-23(9-13-25)22-6-10-24(11-7-22)27-19-37-31(39-27)29-5-4-18-42(29)3/h6-13,19-21,26,29-30H,4-5,14-18H2,1-3H3,(H,37,39)(H,38,40)(H,41,43)/t29-,30-/m0/s1. The Balaban J connectivity index is 1.11. The maximum absolute atomic E-state index is 13.6. The lowest BCUT2D eigenvalue weighted by Crippen LogP contribution is -2.39. The molecule has 0 spiro atoms. The maximum Gasteiger partial charge on any atom is 0.248 e. The summed E-state index contributed by atoms with van der Waals surface area (Å²) in [6.07, 6.45) is 6.15. The van der Waals surface area contributed by atoms with Crippen molar-refractivity contribution in [2.24, 2.45) is 11.8 Å². The highest BCUT2D eigenvalue weighted by Crippen LogP contribution is 2.37. The summed E-state index contributed by atoms with van der Waals surface area (Å²) >= 11 is 0. The molecule has 9 heteroatoms. The molecule has 1 saturated carbocycles. The van der Waals surface area contributed by atoms with E-state index in [1.54, 1.807) is 0 Å². The molecule has 2 aromatic carbocycles. The van der Waals surface area contributed by atoms with Crippen LogP contribution in [0.4, 0.5) is 8.78 Å². The van der Waals surface area contributed by atoms with Crippen LogP contribution in [0.2, 0.25) is 0 Å². The fourth-order valence-corrected chi connectivity index (χ4v) is 6.35. The number of halogens is 2. The summed E-state index contributed by atoms with van der Waals surface area (Å²) < 4.78 is 27.1. The Kier molecular flexibility index (Phi) is 8.18. The zero-order chi connectivity index (χ0) is 30.1. The number of benzene rings is 2. The van der Waals surface area contributed by atoms with Crippen molar-refractivity contribution in [2.45, 2.75) is 70.4 Å². The van der Waals surface area contributed by atoms with Gasteiger partial charge in [-0.25, -0.2) is 18.7 Å². The minimum Gasteiger partial charge on any atom is -0.347 e. The van der Waals surface area contributed by atoms with E-state index in [4.69, 9.17) is 9.97 Å². The lowest BCUT2D eigenvalue weighted by atomic mass is 9.86. The fourth-order valence-electron chi connectivity index (χ4n) is 6.35. The summed E-state index contributed by atoms with van der Waals surface area (Å²) in [6.45, 7) is 5.14.